The molecule has 1 saturated heterocycles. The highest BCUT2D eigenvalue weighted by Gasteiger charge is 2.51. The molecule has 1 heterocycles. The first kappa shape index (κ1) is 18.1. The number of hydrogen-bond donors (Lipinski definition) is 1. The molecule has 0 aromatic carbocycles. The molecule has 4 nitrogen and oxygen atoms in total. The Bertz CT molecular complexity index is 493. The number of carbonyl (C=O) groups excluding carboxylic acids is 2. The summed E-state index contributed by atoms with van der Waals surface area (Å²) in [5.41, 5.74) is -0.654. The first-order valence-corrected chi connectivity index (χ1v) is 8.04. The van der Waals surface area contributed by atoms with Crippen LogP contribution in [0.5, 0.6) is 0 Å². The maximum Gasteiger partial charge on any atom is 0.471 e. The zero-order valence-electron chi connectivity index (χ0n) is 14.1. The van der Waals surface area contributed by atoms with Crippen molar-refractivity contribution in [2.45, 2.75) is 71.6 Å². The molecule has 2 aliphatic rings. The van der Waals surface area contributed by atoms with Crippen LogP contribution in [0.4, 0.5) is 13.2 Å². The number of nitrogens with zero attached hydrogens (tertiary/aromatic N) is 1. The topological polar surface area (TPSA) is 49.4 Å². The van der Waals surface area contributed by atoms with E-state index < -0.39 is 29.4 Å². The van der Waals surface area contributed by atoms with Gasteiger partial charge in [0.15, 0.2) is 0 Å². The molecule has 132 valence electrons. The van der Waals surface area contributed by atoms with Crippen LogP contribution in [0, 0.1) is 10.8 Å². The van der Waals surface area contributed by atoms with Crippen LogP contribution in [0.15, 0.2) is 0 Å². The van der Waals surface area contributed by atoms with E-state index in [9.17, 15) is 22.8 Å². The minimum Gasteiger partial charge on any atom is -0.338 e. The number of rotatable bonds is 2. The third kappa shape index (κ3) is 3.63. The molecule has 0 unspecified atom stereocenters. The largest absolute Gasteiger partial charge is 0.471 e. The summed E-state index contributed by atoms with van der Waals surface area (Å²) in [7, 11) is 0. The fraction of sp³-hybridized carbons (Fsp3) is 0.875. The Kier molecular flexibility index (Phi) is 4.45. The van der Waals surface area contributed by atoms with Gasteiger partial charge in [0.25, 0.3) is 0 Å². The Labute approximate surface area is 134 Å². The van der Waals surface area contributed by atoms with Gasteiger partial charge in [0, 0.05) is 12.6 Å². The Morgan fingerprint density at radius 3 is 2.13 bits per heavy atom. The second-order valence-corrected chi connectivity index (χ2v) is 8.14. The standard InChI is InChI=1S/C16H25F3N2O2/c1-10-8-15(6-5-7-15)9-21(10)12(22)11(14(2,3)4)20-13(23)16(17,18)19/h10-11H,5-9H2,1-4H3,(H,20,23)/t10-,11-/m1/s1. The second-order valence-electron chi connectivity index (χ2n) is 8.14. The number of halogens is 3. The predicted molar refractivity (Wildman–Crippen MR) is 79.5 cm³/mol. The minimum atomic E-state index is -4.99. The van der Waals surface area contributed by atoms with Crippen LogP contribution < -0.4 is 5.32 Å². The van der Waals surface area contributed by atoms with Gasteiger partial charge in [-0.2, -0.15) is 13.2 Å². The maximum atomic E-state index is 12.8. The molecule has 2 amide bonds. The fourth-order valence-corrected chi connectivity index (χ4v) is 3.68. The van der Waals surface area contributed by atoms with E-state index in [4.69, 9.17) is 0 Å². The van der Waals surface area contributed by atoms with Crippen LogP contribution in [0.3, 0.4) is 0 Å². The molecular formula is C16H25F3N2O2. The Hall–Kier alpha value is -1.27. The molecule has 2 rings (SSSR count). The summed E-state index contributed by atoms with van der Waals surface area (Å²) in [6.07, 6.45) is -0.826. The highest BCUT2D eigenvalue weighted by Crippen LogP contribution is 2.50. The van der Waals surface area contributed by atoms with Crippen LogP contribution in [0.25, 0.3) is 0 Å². The third-order valence-corrected chi connectivity index (χ3v) is 5.11. The van der Waals surface area contributed by atoms with Crippen LogP contribution in [-0.2, 0) is 9.59 Å². The highest BCUT2D eigenvalue weighted by molar-refractivity contribution is 5.90. The summed E-state index contributed by atoms with van der Waals surface area (Å²) >= 11 is 0. The molecule has 23 heavy (non-hydrogen) atoms. The van der Waals surface area contributed by atoms with Crippen molar-refractivity contribution in [3.63, 3.8) is 0 Å². The van der Waals surface area contributed by atoms with Gasteiger partial charge in [0.05, 0.1) is 0 Å². The van der Waals surface area contributed by atoms with Crippen molar-refractivity contribution in [2.24, 2.45) is 10.8 Å². The van der Waals surface area contributed by atoms with Crippen LogP contribution in [0.1, 0.15) is 53.4 Å². The van der Waals surface area contributed by atoms with Crippen molar-refractivity contribution in [3.8, 4) is 0 Å². The van der Waals surface area contributed by atoms with Gasteiger partial charge in [0.2, 0.25) is 5.91 Å². The van der Waals surface area contributed by atoms with Gasteiger partial charge in [-0.25, -0.2) is 0 Å². The Balaban J connectivity index is 2.16. The van der Waals surface area contributed by atoms with E-state index in [0.717, 1.165) is 25.7 Å². The number of alkyl halides is 3. The average Bonchev–Trinajstić information content (AvgIpc) is 2.70. The molecule has 0 bridgehead atoms. The normalized spacial score (nSPS) is 25.2. The van der Waals surface area contributed by atoms with E-state index in [1.165, 1.54) is 0 Å². The first-order chi connectivity index (χ1) is 10.4. The number of likely N-dealkylation sites (tertiary alicyclic amines) is 1. The smallest absolute Gasteiger partial charge is 0.338 e. The molecule has 0 aromatic heterocycles. The fourth-order valence-electron chi connectivity index (χ4n) is 3.68. The molecule has 1 N–H and O–H groups in total. The number of amides is 2. The Morgan fingerprint density at radius 2 is 1.78 bits per heavy atom. The van der Waals surface area contributed by atoms with Crippen LogP contribution in [0.2, 0.25) is 0 Å². The van der Waals surface area contributed by atoms with Crippen LogP contribution in [-0.4, -0.2) is 41.5 Å². The van der Waals surface area contributed by atoms with E-state index in [1.54, 1.807) is 25.7 Å². The van der Waals surface area contributed by atoms with Crippen molar-refractivity contribution in [1.82, 2.24) is 10.2 Å². The summed E-state index contributed by atoms with van der Waals surface area (Å²) in [5.74, 6) is -2.47. The zero-order valence-corrected chi connectivity index (χ0v) is 14.1. The minimum absolute atomic E-state index is 0.00422. The van der Waals surface area contributed by atoms with Crippen molar-refractivity contribution in [1.29, 1.82) is 0 Å². The molecule has 1 saturated carbocycles. The molecule has 2 atom stereocenters. The monoisotopic (exact) mass is 334 g/mol. The number of carbonyl (C=O) groups is 2. The van der Waals surface area contributed by atoms with Crippen molar-refractivity contribution in [3.05, 3.63) is 0 Å². The van der Waals surface area contributed by atoms with E-state index in [2.05, 4.69) is 0 Å². The zero-order chi connectivity index (χ0) is 17.6. The molecule has 7 heteroatoms. The lowest BCUT2D eigenvalue weighted by atomic mass is 9.68. The van der Waals surface area contributed by atoms with Crippen molar-refractivity contribution < 1.29 is 22.8 Å². The van der Waals surface area contributed by atoms with E-state index >= 15 is 0 Å². The van der Waals surface area contributed by atoms with E-state index in [1.807, 2.05) is 12.2 Å². The molecule has 1 spiro atoms. The summed E-state index contributed by atoms with van der Waals surface area (Å²) in [6.45, 7) is 7.49. The number of nitrogens with one attached hydrogen (secondary N) is 1. The van der Waals surface area contributed by atoms with Gasteiger partial charge in [-0.1, -0.05) is 27.2 Å². The molecular weight excluding hydrogens is 309 g/mol. The van der Waals surface area contributed by atoms with Gasteiger partial charge in [-0.15, -0.1) is 0 Å². The van der Waals surface area contributed by atoms with E-state index in [0.29, 0.717) is 6.54 Å². The number of hydrogen-bond acceptors (Lipinski definition) is 2. The summed E-state index contributed by atoms with van der Waals surface area (Å²) in [5, 5.41) is 1.90. The maximum absolute atomic E-state index is 12.8. The van der Waals surface area contributed by atoms with Gasteiger partial charge < -0.3 is 10.2 Å². The van der Waals surface area contributed by atoms with E-state index in [-0.39, 0.29) is 11.5 Å². The SMILES string of the molecule is C[C@@H]1CC2(CCC2)CN1C(=O)[C@@H](NC(=O)C(F)(F)F)C(C)(C)C. The summed E-state index contributed by atoms with van der Waals surface area (Å²) in [4.78, 5) is 25.8. The lowest BCUT2D eigenvalue weighted by molar-refractivity contribution is -0.176. The molecule has 1 aliphatic heterocycles. The van der Waals surface area contributed by atoms with Gasteiger partial charge in [-0.3, -0.25) is 9.59 Å². The Morgan fingerprint density at radius 1 is 1.22 bits per heavy atom. The first-order valence-electron chi connectivity index (χ1n) is 8.04. The third-order valence-electron chi connectivity index (χ3n) is 5.11. The van der Waals surface area contributed by atoms with Gasteiger partial charge in [-0.05, 0) is 37.0 Å². The lowest BCUT2D eigenvalue weighted by Gasteiger charge is -2.39. The quantitative estimate of drug-likeness (QED) is 0.844. The summed E-state index contributed by atoms with van der Waals surface area (Å²) in [6, 6.07) is -1.19. The lowest BCUT2D eigenvalue weighted by Crippen LogP contribution is -2.57. The molecule has 0 aromatic rings. The molecule has 0 radical (unpaired) electrons. The van der Waals surface area contributed by atoms with Crippen molar-refractivity contribution >= 4 is 11.8 Å². The highest BCUT2D eigenvalue weighted by atomic mass is 19.4. The predicted octanol–water partition coefficient (Wildman–Crippen LogP) is 2.87. The van der Waals surface area contributed by atoms with Gasteiger partial charge in [0.1, 0.15) is 6.04 Å². The molecule has 1 aliphatic carbocycles. The van der Waals surface area contributed by atoms with Crippen molar-refractivity contribution in [2.75, 3.05) is 6.54 Å². The summed E-state index contributed by atoms with van der Waals surface area (Å²) < 4.78 is 37.7. The molecule has 2 fully saturated rings. The van der Waals surface area contributed by atoms with Crippen LogP contribution >= 0.6 is 0 Å². The van der Waals surface area contributed by atoms with Gasteiger partial charge >= 0.3 is 12.1 Å². The second kappa shape index (κ2) is 5.67. The average molecular weight is 334 g/mol.